The van der Waals surface area contributed by atoms with Gasteiger partial charge in [-0.25, -0.2) is 2.92 Å². The minimum Gasteiger partial charge on any atom is -1.00 e. The lowest BCUT2D eigenvalue weighted by atomic mass is 10.2. The third kappa shape index (κ3) is 6.92. The van der Waals surface area contributed by atoms with Gasteiger partial charge in [0.2, 0.25) is 0 Å². The Morgan fingerprint density at radius 2 is 0.909 bits per heavy atom. The first kappa shape index (κ1) is 23.7. The van der Waals surface area contributed by atoms with Crippen LogP contribution in [0.4, 0.5) is 0 Å². The molecule has 134 valence electrons. The lowest BCUT2D eigenvalue weighted by Gasteiger charge is -2.43. The second-order valence-electron chi connectivity index (χ2n) is 6.38. The number of halogens is 4. The molecule has 0 unspecified atom stereocenters. The van der Waals surface area contributed by atoms with Crippen molar-refractivity contribution in [2.24, 2.45) is 0 Å². The standard InChI is InChI=1S/C13H28N4.Br2O.2BrH/c1-6-16(8-2-14-3-9-16)12-13-17(7-1)10-4-15-5-11-17;1-3-2;;/h14-15H,1-13H2;;2*1H/q+2;;;/p-2. The zero-order valence-corrected chi connectivity index (χ0v) is 19.4. The van der Waals surface area contributed by atoms with E-state index in [-0.39, 0.29) is 34.0 Å². The quantitative estimate of drug-likeness (QED) is 0.284. The van der Waals surface area contributed by atoms with E-state index in [2.05, 4.69) is 46.1 Å². The van der Waals surface area contributed by atoms with E-state index in [0.29, 0.717) is 0 Å². The van der Waals surface area contributed by atoms with Crippen LogP contribution < -0.4 is 44.6 Å². The molecule has 2 N–H and O–H groups in total. The lowest BCUT2D eigenvalue weighted by Crippen LogP contribution is -3.00. The Morgan fingerprint density at radius 1 is 0.591 bits per heavy atom. The maximum atomic E-state index is 3.88. The number of nitrogens with one attached hydrogen (secondary N) is 2. The number of hydrogen-bond acceptors (Lipinski definition) is 3. The fourth-order valence-corrected chi connectivity index (χ4v) is 4.02. The van der Waals surface area contributed by atoms with Crippen molar-refractivity contribution in [2.75, 3.05) is 78.5 Å². The number of nitrogens with zero attached hydrogens (tertiary/aromatic N) is 2. The Hall–Kier alpha value is 1.72. The number of rotatable bonds is 0. The SMILES string of the molecule is BrOBr.C1C[N+]2(CCNCC2)CC[N+]2(C1)CCNCC2.[Br-].[Br-]. The third-order valence-corrected chi connectivity index (χ3v) is 5.37. The van der Waals surface area contributed by atoms with Crippen LogP contribution in [-0.2, 0) is 2.92 Å². The second kappa shape index (κ2) is 12.1. The first-order valence-corrected chi connectivity index (χ1v) is 9.05. The molecule has 2 spiro atoms. The van der Waals surface area contributed by atoms with Gasteiger partial charge in [0, 0.05) is 32.6 Å². The molecule has 3 heterocycles. The van der Waals surface area contributed by atoms with Gasteiger partial charge < -0.3 is 53.6 Å². The van der Waals surface area contributed by atoms with E-state index in [0.717, 1.165) is 0 Å². The highest BCUT2D eigenvalue weighted by molar-refractivity contribution is 9.18. The summed E-state index contributed by atoms with van der Waals surface area (Å²) in [6, 6.07) is 0. The fraction of sp³-hybridized carbons (Fsp3) is 1.00. The summed E-state index contributed by atoms with van der Waals surface area (Å²) in [5.41, 5.74) is 0. The van der Waals surface area contributed by atoms with E-state index in [4.69, 9.17) is 0 Å². The summed E-state index contributed by atoms with van der Waals surface area (Å²) in [6.45, 7) is 16.2. The number of hydrogen-bond donors (Lipinski definition) is 2. The molecule has 0 aromatic rings. The summed E-state index contributed by atoms with van der Waals surface area (Å²) in [5, 5.41) is 7.03. The van der Waals surface area contributed by atoms with Crippen LogP contribution in [0.3, 0.4) is 0 Å². The minimum absolute atomic E-state index is 0. The lowest BCUT2D eigenvalue weighted by molar-refractivity contribution is -0.965. The van der Waals surface area contributed by atoms with Crippen molar-refractivity contribution in [1.82, 2.24) is 10.6 Å². The molecule has 3 fully saturated rings. The molecule has 3 rings (SSSR count). The predicted octanol–water partition coefficient (Wildman–Crippen LogP) is -5.14. The van der Waals surface area contributed by atoms with Crippen LogP contribution in [0.5, 0.6) is 0 Å². The van der Waals surface area contributed by atoms with Crippen molar-refractivity contribution in [2.45, 2.75) is 6.42 Å². The van der Waals surface area contributed by atoms with Gasteiger partial charge in [-0.1, -0.05) is 0 Å². The van der Waals surface area contributed by atoms with E-state index in [1.54, 1.807) is 0 Å². The second-order valence-corrected chi connectivity index (χ2v) is 7.90. The van der Waals surface area contributed by atoms with Gasteiger partial charge in [0.1, 0.15) is 45.6 Å². The predicted molar refractivity (Wildman–Crippen MR) is 88.8 cm³/mol. The number of quaternary nitrogens is 2. The van der Waals surface area contributed by atoms with Crippen molar-refractivity contribution < 1.29 is 45.8 Å². The van der Waals surface area contributed by atoms with Crippen molar-refractivity contribution in [3.05, 3.63) is 0 Å². The van der Waals surface area contributed by atoms with Gasteiger partial charge in [-0.3, -0.25) is 0 Å². The third-order valence-electron chi connectivity index (χ3n) is 5.37. The molecule has 3 aliphatic heterocycles. The molecular weight excluding hydrogens is 548 g/mol. The molecule has 5 nitrogen and oxygen atoms in total. The van der Waals surface area contributed by atoms with E-state index >= 15 is 0 Å². The number of piperazine rings is 2. The smallest absolute Gasteiger partial charge is 0.129 e. The van der Waals surface area contributed by atoms with Crippen molar-refractivity contribution >= 4 is 32.5 Å². The van der Waals surface area contributed by atoms with Gasteiger partial charge in [-0.05, 0) is 0 Å². The minimum atomic E-state index is 0. The molecule has 0 aromatic carbocycles. The Labute approximate surface area is 173 Å². The van der Waals surface area contributed by atoms with Gasteiger partial charge in [-0.2, -0.15) is 0 Å². The maximum absolute atomic E-state index is 3.88. The van der Waals surface area contributed by atoms with Crippen LogP contribution in [0.25, 0.3) is 0 Å². The summed E-state index contributed by atoms with van der Waals surface area (Å²) in [7, 11) is 0. The highest BCUT2D eigenvalue weighted by atomic mass is 79.9. The molecule has 0 bridgehead atoms. The zero-order valence-electron chi connectivity index (χ0n) is 13.0. The van der Waals surface area contributed by atoms with E-state index in [1.165, 1.54) is 93.9 Å². The van der Waals surface area contributed by atoms with Gasteiger partial charge >= 0.3 is 0 Å². The summed E-state index contributed by atoms with van der Waals surface area (Å²) in [4.78, 5) is 0. The van der Waals surface area contributed by atoms with E-state index in [9.17, 15) is 0 Å². The molecule has 0 aromatic heterocycles. The van der Waals surface area contributed by atoms with Crippen LogP contribution in [0.1, 0.15) is 6.42 Å². The fourth-order valence-electron chi connectivity index (χ4n) is 4.02. The monoisotopic (exact) mass is 572 g/mol. The molecule has 0 amide bonds. The molecule has 3 saturated heterocycles. The molecule has 0 atom stereocenters. The zero-order chi connectivity index (χ0) is 14.3. The van der Waals surface area contributed by atoms with Crippen molar-refractivity contribution in [1.29, 1.82) is 0 Å². The van der Waals surface area contributed by atoms with Crippen LogP contribution in [0.2, 0.25) is 0 Å². The Kier molecular flexibility index (Phi) is 13.1. The first-order valence-electron chi connectivity index (χ1n) is 7.75. The Bertz CT molecular complexity index is 261. The molecule has 0 aliphatic carbocycles. The van der Waals surface area contributed by atoms with Gasteiger partial charge in [0.05, 0.1) is 39.3 Å². The average Bonchev–Trinajstić information content (AvgIpc) is 2.63. The van der Waals surface area contributed by atoms with Crippen LogP contribution in [-0.4, -0.2) is 87.5 Å². The molecule has 0 radical (unpaired) electrons. The van der Waals surface area contributed by atoms with Crippen molar-refractivity contribution in [3.63, 3.8) is 0 Å². The largest absolute Gasteiger partial charge is 1.00 e. The van der Waals surface area contributed by atoms with Crippen molar-refractivity contribution in [3.8, 4) is 0 Å². The summed E-state index contributed by atoms with van der Waals surface area (Å²) in [5.74, 6) is 0. The Balaban J connectivity index is 0.000000820. The summed E-state index contributed by atoms with van der Waals surface area (Å²) in [6.07, 6.45) is 1.44. The highest BCUT2D eigenvalue weighted by Crippen LogP contribution is 2.20. The maximum Gasteiger partial charge on any atom is 0.129 e. The highest BCUT2D eigenvalue weighted by Gasteiger charge is 2.39. The van der Waals surface area contributed by atoms with Crippen LogP contribution >= 0.6 is 32.5 Å². The topological polar surface area (TPSA) is 33.3 Å². The normalized spacial score (nSPS) is 25.9. The molecule has 22 heavy (non-hydrogen) atoms. The summed E-state index contributed by atoms with van der Waals surface area (Å²) >= 11 is 5.12. The van der Waals surface area contributed by atoms with Gasteiger partial charge in [0.15, 0.2) is 0 Å². The molecule has 0 saturated carbocycles. The van der Waals surface area contributed by atoms with Gasteiger partial charge in [0.25, 0.3) is 0 Å². The Morgan fingerprint density at radius 3 is 1.23 bits per heavy atom. The van der Waals surface area contributed by atoms with Gasteiger partial charge in [-0.15, -0.1) is 0 Å². The first-order chi connectivity index (χ1) is 9.74. The van der Waals surface area contributed by atoms with E-state index < -0.39 is 0 Å². The molecule has 3 aliphatic rings. The summed E-state index contributed by atoms with van der Waals surface area (Å²) < 4.78 is 6.71. The molecule has 9 heteroatoms. The van der Waals surface area contributed by atoms with Crippen LogP contribution in [0, 0.1) is 0 Å². The average molecular weight is 576 g/mol. The van der Waals surface area contributed by atoms with E-state index in [1.807, 2.05) is 0 Å². The van der Waals surface area contributed by atoms with Crippen LogP contribution in [0.15, 0.2) is 0 Å². The molecular formula is C13H28Br4N4O.